The third-order valence-corrected chi connectivity index (χ3v) is 2.84. The highest BCUT2D eigenvalue weighted by atomic mass is 35.5. The molecular weight excluding hydrogens is 278 g/mol. The molecule has 1 aromatic carbocycles. The van der Waals surface area contributed by atoms with Crippen LogP contribution in [0.2, 0.25) is 5.02 Å². The first-order valence-corrected chi connectivity index (χ1v) is 6.43. The van der Waals surface area contributed by atoms with Crippen LogP contribution in [0.4, 0.5) is 17.2 Å². The number of anilines is 3. The van der Waals surface area contributed by atoms with Gasteiger partial charge in [-0.1, -0.05) is 11.6 Å². The fraction of sp³-hybridized carbons (Fsp3) is 0.143. The van der Waals surface area contributed by atoms with Crippen LogP contribution in [0.15, 0.2) is 36.5 Å². The van der Waals surface area contributed by atoms with Crippen molar-refractivity contribution in [2.75, 3.05) is 17.7 Å². The lowest BCUT2D eigenvalue weighted by Crippen LogP contribution is -2.10. The Kier molecular flexibility index (Phi) is 4.42. The van der Waals surface area contributed by atoms with Crippen LogP contribution in [0.25, 0.3) is 0 Å². The predicted octanol–water partition coefficient (Wildman–Crippen LogP) is 3.24. The standard InChI is InChI=1S/C14H14ClN3O2/c1-2-20-14(19)11-7-8-17-13(12(11)16)18-10-5-3-9(15)4-6-10/h3-8H,2,16H2,1H3,(H,17,18). The molecule has 0 spiro atoms. The minimum Gasteiger partial charge on any atom is -0.462 e. The number of nitrogens with zero attached hydrogens (tertiary/aromatic N) is 1. The molecule has 1 heterocycles. The second kappa shape index (κ2) is 6.25. The Hall–Kier alpha value is -2.27. The number of halogens is 1. The van der Waals surface area contributed by atoms with Crippen LogP contribution >= 0.6 is 11.6 Å². The van der Waals surface area contributed by atoms with Gasteiger partial charge >= 0.3 is 5.97 Å². The van der Waals surface area contributed by atoms with E-state index in [0.29, 0.717) is 23.0 Å². The number of nitrogens with one attached hydrogen (secondary N) is 1. The van der Waals surface area contributed by atoms with E-state index in [2.05, 4.69) is 10.3 Å². The molecule has 20 heavy (non-hydrogen) atoms. The summed E-state index contributed by atoms with van der Waals surface area (Å²) in [5.74, 6) is -0.0653. The molecule has 104 valence electrons. The van der Waals surface area contributed by atoms with Crippen LogP contribution in [0.1, 0.15) is 17.3 Å². The van der Waals surface area contributed by atoms with Crippen molar-refractivity contribution in [2.24, 2.45) is 0 Å². The molecule has 0 aliphatic carbocycles. The average Bonchev–Trinajstić information content (AvgIpc) is 2.44. The molecule has 0 fully saturated rings. The molecule has 2 aromatic rings. The number of nitrogen functional groups attached to an aromatic ring is 1. The van der Waals surface area contributed by atoms with Crippen LogP contribution < -0.4 is 11.1 Å². The van der Waals surface area contributed by atoms with Gasteiger partial charge < -0.3 is 15.8 Å². The maximum atomic E-state index is 11.7. The number of benzene rings is 1. The number of carbonyl (C=O) groups excluding carboxylic acids is 1. The van der Waals surface area contributed by atoms with E-state index in [1.807, 2.05) is 0 Å². The third kappa shape index (κ3) is 3.19. The second-order valence-corrected chi connectivity index (χ2v) is 4.41. The number of hydrogen-bond donors (Lipinski definition) is 2. The zero-order chi connectivity index (χ0) is 14.5. The number of nitrogens with two attached hydrogens (primary N) is 1. The van der Waals surface area contributed by atoms with Gasteiger partial charge in [0.1, 0.15) is 0 Å². The smallest absolute Gasteiger partial charge is 0.340 e. The van der Waals surface area contributed by atoms with Crippen molar-refractivity contribution in [1.82, 2.24) is 4.98 Å². The first-order chi connectivity index (χ1) is 9.61. The quantitative estimate of drug-likeness (QED) is 0.846. The van der Waals surface area contributed by atoms with Gasteiger partial charge in [0.25, 0.3) is 0 Å². The van der Waals surface area contributed by atoms with E-state index in [1.165, 1.54) is 12.3 Å². The van der Waals surface area contributed by atoms with Crippen LogP contribution in [-0.4, -0.2) is 17.6 Å². The fourth-order valence-corrected chi connectivity index (χ4v) is 1.76. The number of pyridine rings is 1. The summed E-state index contributed by atoms with van der Waals surface area (Å²) in [4.78, 5) is 15.9. The Labute approximate surface area is 121 Å². The molecule has 0 saturated carbocycles. The molecule has 0 radical (unpaired) electrons. The highest BCUT2D eigenvalue weighted by Crippen LogP contribution is 2.25. The lowest BCUT2D eigenvalue weighted by molar-refractivity contribution is 0.0527. The Balaban J connectivity index is 2.26. The molecular formula is C14H14ClN3O2. The summed E-state index contributed by atoms with van der Waals surface area (Å²) in [6.45, 7) is 2.03. The minimum atomic E-state index is -0.466. The summed E-state index contributed by atoms with van der Waals surface area (Å²) < 4.78 is 4.94. The number of carbonyl (C=O) groups is 1. The Morgan fingerprint density at radius 3 is 2.70 bits per heavy atom. The van der Waals surface area contributed by atoms with Crippen molar-refractivity contribution in [3.63, 3.8) is 0 Å². The number of aromatic nitrogens is 1. The summed E-state index contributed by atoms with van der Waals surface area (Å²) >= 11 is 5.82. The van der Waals surface area contributed by atoms with Crippen molar-refractivity contribution in [3.8, 4) is 0 Å². The van der Waals surface area contributed by atoms with E-state index in [4.69, 9.17) is 22.1 Å². The van der Waals surface area contributed by atoms with E-state index in [0.717, 1.165) is 5.69 Å². The minimum absolute atomic E-state index is 0.251. The lowest BCUT2D eigenvalue weighted by Gasteiger charge is -2.11. The highest BCUT2D eigenvalue weighted by Gasteiger charge is 2.14. The first kappa shape index (κ1) is 14.1. The number of hydrogen-bond acceptors (Lipinski definition) is 5. The van der Waals surface area contributed by atoms with E-state index in [-0.39, 0.29) is 5.69 Å². The SMILES string of the molecule is CCOC(=O)c1ccnc(Nc2ccc(Cl)cc2)c1N. The zero-order valence-electron chi connectivity index (χ0n) is 10.9. The largest absolute Gasteiger partial charge is 0.462 e. The van der Waals surface area contributed by atoms with Gasteiger partial charge in [0.2, 0.25) is 0 Å². The highest BCUT2D eigenvalue weighted by molar-refractivity contribution is 6.30. The zero-order valence-corrected chi connectivity index (χ0v) is 11.6. The number of ether oxygens (including phenoxy) is 1. The molecule has 1 aromatic heterocycles. The van der Waals surface area contributed by atoms with Crippen molar-refractivity contribution in [3.05, 3.63) is 47.1 Å². The fourth-order valence-electron chi connectivity index (χ4n) is 1.63. The lowest BCUT2D eigenvalue weighted by atomic mass is 10.2. The summed E-state index contributed by atoms with van der Waals surface area (Å²) in [6.07, 6.45) is 1.50. The van der Waals surface area contributed by atoms with Gasteiger partial charge in [-0.25, -0.2) is 9.78 Å². The van der Waals surface area contributed by atoms with Gasteiger partial charge in [-0.15, -0.1) is 0 Å². The Morgan fingerprint density at radius 2 is 2.05 bits per heavy atom. The maximum Gasteiger partial charge on any atom is 0.340 e. The molecule has 0 saturated heterocycles. The van der Waals surface area contributed by atoms with E-state index < -0.39 is 5.97 Å². The third-order valence-electron chi connectivity index (χ3n) is 2.59. The average molecular weight is 292 g/mol. The molecule has 3 N–H and O–H groups in total. The molecule has 0 atom stereocenters. The summed E-state index contributed by atoms with van der Waals surface area (Å²) in [5.41, 5.74) is 7.25. The van der Waals surface area contributed by atoms with E-state index in [1.54, 1.807) is 31.2 Å². The monoisotopic (exact) mass is 291 g/mol. The molecule has 6 heteroatoms. The van der Waals surface area contributed by atoms with Crippen LogP contribution in [-0.2, 0) is 4.74 Å². The molecule has 0 unspecified atom stereocenters. The van der Waals surface area contributed by atoms with Crippen molar-refractivity contribution in [1.29, 1.82) is 0 Å². The normalized spacial score (nSPS) is 10.1. The van der Waals surface area contributed by atoms with Gasteiger partial charge in [-0.05, 0) is 37.3 Å². The Morgan fingerprint density at radius 1 is 1.35 bits per heavy atom. The Bertz CT molecular complexity index is 614. The number of rotatable bonds is 4. The van der Waals surface area contributed by atoms with E-state index in [9.17, 15) is 4.79 Å². The molecule has 0 amide bonds. The van der Waals surface area contributed by atoms with Crippen molar-refractivity contribution >= 4 is 34.8 Å². The topological polar surface area (TPSA) is 77.2 Å². The van der Waals surface area contributed by atoms with Gasteiger partial charge in [0.15, 0.2) is 5.82 Å². The maximum absolute atomic E-state index is 11.7. The van der Waals surface area contributed by atoms with Crippen LogP contribution in [0.5, 0.6) is 0 Å². The van der Waals surface area contributed by atoms with Gasteiger partial charge in [0, 0.05) is 16.9 Å². The summed E-state index contributed by atoms with van der Waals surface area (Å²) in [5, 5.41) is 3.67. The van der Waals surface area contributed by atoms with Gasteiger partial charge in [-0.3, -0.25) is 0 Å². The molecule has 2 rings (SSSR count). The molecule has 5 nitrogen and oxygen atoms in total. The van der Waals surface area contributed by atoms with Crippen LogP contribution in [0.3, 0.4) is 0 Å². The molecule has 0 bridgehead atoms. The van der Waals surface area contributed by atoms with Crippen LogP contribution in [0, 0.1) is 0 Å². The van der Waals surface area contributed by atoms with Crippen molar-refractivity contribution < 1.29 is 9.53 Å². The number of esters is 1. The van der Waals surface area contributed by atoms with Crippen molar-refractivity contribution in [2.45, 2.75) is 6.92 Å². The summed E-state index contributed by atoms with van der Waals surface area (Å²) in [6, 6.07) is 8.60. The first-order valence-electron chi connectivity index (χ1n) is 6.06. The predicted molar refractivity (Wildman–Crippen MR) is 79.3 cm³/mol. The molecule has 0 aliphatic heterocycles. The van der Waals surface area contributed by atoms with Gasteiger partial charge in [-0.2, -0.15) is 0 Å². The second-order valence-electron chi connectivity index (χ2n) is 3.97. The van der Waals surface area contributed by atoms with Gasteiger partial charge in [0.05, 0.1) is 17.9 Å². The van der Waals surface area contributed by atoms with E-state index >= 15 is 0 Å². The molecule has 0 aliphatic rings. The summed E-state index contributed by atoms with van der Waals surface area (Å²) in [7, 11) is 0.